The van der Waals surface area contributed by atoms with Crippen molar-refractivity contribution in [3.63, 3.8) is 0 Å². The highest BCUT2D eigenvalue weighted by atomic mass is 32.1. The summed E-state index contributed by atoms with van der Waals surface area (Å²) in [5.41, 5.74) is 28.3. The number of thiophene rings is 3. The average molecular weight is 1700 g/mol. The minimum atomic E-state index is 1.16. The first-order valence-corrected chi connectivity index (χ1v) is 46.4. The van der Waals surface area contributed by atoms with Gasteiger partial charge in [-0.2, -0.15) is 0 Å². The van der Waals surface area contributed by atoms with Gasteiger partial charge in [0, 0.05) is 151 Å². The van der Waals surface area contributed by atoms with Gasteiger partial charge in [0.05, 0.1) is 60.0 Å². The molecule has 9 heterocycles. The number of aromatic nitrogens is 6. The van der Waals surface area contributed by atoms with Crippen molar-refractivity contribution in [2.24, 2.45) is 0 Å². The van der Waals surface area contributed by atoms with E-state index in [1.807, 2.05) is 34.0 Å². The van der Waals surface area contributed by atoms with Gasteiger partial charge in [-0.25, -0.2) is 0 Å². The smallest absolute Gasteiger partial charge is 0.0640 e. The Bertz CT molecular complexity index is 9280. The molecule has 0 aliphatic carbocycles. The van der Waals surface area contributed by atoms with Crippen molar-refractivity contribution in [3.05, 3.63) is 461 Å². The SMILES string of the molecule is c1ccc(-c2cccc3c2sc2c(-c4ccc(-n5c6ccccc6c6c7ccn(-c8ccccc8)c7ccc65)cc4)cccc23)cc1.c1ccc(-c2cccc3c2sc2c(-n4c5ccccc5c5c6ccn(-c7ccccc7)c6ccc54)cccc23)cc1.c1ccc(-n2ccc3c4c5ccccc5n(-c5ccc(-c6cccc7c6sc6ccccc67)cc5)c4ccc32)cc1. The molecule has 0 fully saturated rings. The van der Waals surface area contributed by atoms with E-state index in [1.54, 1.807) is 0 Å². The van der Waals surface area contributed by atoms with Gasteiger partial charge in [-0.15, -0.1) is 34.0 Å². The van der Waals surface area contributed by atoms with Gasteiger partial charge in [0.2, 0.25) is 0 Å². The fraction of sp³-hybridized carbons (Fsp3) is 0. The average Bonchev–Trinajstić information content (AvgIpc) is 1.55. The highest BCUT2D eigenvalue weighted by molar-refractivity contribution is 7.27. The molecule has 0 radical (unpaired) electrons. The highest BCUT2D eigenvalue weighted by Gasteiger charge is 2.25. The van der Waals surface area contributed by atoms with Crippen molar-refractivity contribution >= 4 is 193 Å². The van der Waals surface area contributed by atoms with Gasteiger partial charge in [-0.3, -0.25) is 0 Å². The molecule has 6 nitrogen and oxygen atoms in total. The first-order valence-electron chi connectivity index (χ1n) is 43.9. The van der Waals surface area contributed by atoms with Crippen molar-refractivity contribution in [2.75, 3.05) is 0 Å². The molecule has 0 spiro atoms. The lowest BCUT2D eigenvalue weighted by molar-refractivity contribution is 1.13. The van der Waals surface area contributed by atoms with Crippen LogP contribution in [0.25, 0.3) is 237 Å². The van der Waals surface area contributed by atoms with E-state index in [1.165, 1.54) is 232 Å². The number of rotatable bonds is 10. The van der Waals surface area contributed by atoms with Crippen LogP contribution in [0.3, 0.4) is 0 Å². The fourth-order valence-electron chi connectivity index (χ4n) is 20.6. The summed E-state index contributed by atoms with van der Waals surface area (Å²) in [6.45, 7) is 0. The van der Waals surface area contributed by atoms with E-state index < -0.39 is 0 Å². The van der Waals surface area contributed by atoms with Crippen molar-refractivity contribution < 1.29 is 0 Å². The third-order valence-corrected chi connectivity index (χ3v) is 30.1. The topological polar surface area (TPSA) is 29.6 Å². The third-order valence-electron chi connectivity index (χ3n) is 26.3. The first-order chi connectivity index (χ1) is 64.0. The van der Waals surface area contributed by atoms with Crippen LogP contribution in [0.2, 0.25) is 0 Å². The highest BCUT2D eigenvalue weighted by Crippen LogP contribution is 2.50. The maximum Gasteiger partial charge on any atom is 0.0640 e. The van der Waals surface area contributed by atoms with Crippen molar-refractivity contribution in [1.82, 2.24) is 27.4 Å². The second-order valence-electron chi connectivity index (χ2n) is 33.3. The molecule has 0 N–H and O–H groups in total. The van der Waals surface area contributed by atoms with Crippen LogP contribution in [0.5, 0.6) is 0 Å². The maximum atomic E-state index is 2.48. The summed E-state index contributed by atoms with van der Waals surface area (Å²) >= 11 is 5.69. The van der Waals surface area contributed by atoms with Crippen LogP contribution in [0.4, 0.5) is 0 Å². The number of para-hydroxylation sites is 6. The van der Waals surface area contributed by atoms with Crippen LogP contribution in [-0.2, 0) is 0 Å². The van der Waals surface area contributed by atoms with Gasteiger partial charge in [0.1, 0.15) is 0 Å². The summed E-state index contributed by atoms with van der Waals surface area (Å²) in [4.78, 5) is 0. The molecule has 0 saturated carbocycles. The summed E-state index contributed by atoms with van der Waals surface area (Å²) in [5.74, 6) is 0. The van der Waals surface area contributed by atoms with Crippen LogP contribution < -0.4 is 0 Å². The lowest BCUT2D eigenvalue weighted by Gasteiger charge is -2.10. The number of hydrogen-bond acceptors (Lipinski definition) is 3. The number of benzene rings is 19. The lowest BCUT2D eigenvalue weighted by atomic mass is 10.00. The summed E-state index contributed by atoms with van der Waals surface area (Å²) in [5, 5.41) is 19.5. The Morgan fingerprint density at radius 2 is 0.419 bits per heavy atom. The normalized spacial score (nSPS) is 11.9. The lowest BCUT2D eigenvalue weighted by Crippen LogP contribution is -1.94. The summed E-state index contributed by atoms with van der Waals surface area (Å²) < 4.78 is 22.2. The zero-order valence-electron chi connectivity index (χ0n) is 69.8. The van der Waals surface area contributed by atoms with E-state index in [-0.39, 0.29) is 0 Å². The summed E-state index contributed by atoms with van der Waals surface area (Å²) in [7, 11) is 0. The molecule has 0 saturated heterocycles. The standard InChI is InChI=1S/C44H28N2S.2C38H24N2S/c1-3-11-29(12-4-1)33-16-9-18-35-36-19-10-17-34(44(36)47-43(33)35)30-21-23-32(24-22-30)46-40-20-8-7-15-37(40)42-38-27-28-45(31-13-5-2-6-14-31)39(38)25-26-41(42)46;1-3-11-25(12-4-1)27-16-9-17-28-29-18-10-20-35(38(29)41-37(27)28)40-33-19-8-7-15-30(33)36-31-23-24-39(26-13-5-2-6-14-26)32(31)21-22-34(36)40;1-2-9-26(10-3-1)39-24-23-32-33(39)21-22-35-37(32)31-12-4-6-15-34(31)40(35)27-19-17-25(18-20-27)28-13-8-14-30-29-11-5-7-16-36(29)41-38(28)30/h1-28H;2*1-24H. The molecular weight excluding hydrogens is 1620 g/mol. The Hall–Kier alpha value is -16.1. The van der Waals surface area contributed by atoms with Gasteiger partial charge in [-0.1, -0.05) is 297 Å². The Morgan fingerprint density at radius 1 is 0.147 bits per heavy atom. The van der Waals surface area contributed by atoms with Crippen molar-refractivity contribution in [1.29, 1.82) is 0 Å². The van der Waals surface area contributed by atoms with Gasteiger partial charge in [-0.05, 0) is 190 Å². The molecule has 19 aromatic carbocycles. The minimum Gasteiger partial charge on any atom is -0.317 e. The van der Waals surface area contributed by atoms with E-state index in [4.69, 9.17) is 0 Å². The molecule has 0 aliphatic rings. The zero-order chi connectivity index (χ0) is 84.7. The van der Waals surface area contributed by atoms with E-state index >= 15 is 0 Å². The Morgan fingerprint density at radius 3 is 0.814 bits per heavy atom. The zero-order valence-corrected chi connectivity index (χ0v) is 72.2. The molecule has 0 unspecified atom stereocenters. The van der Waals surface area contributed by atoms with Crippen LogP contribution in [0.15, 0.2) is 461 Å². The molecule has 28 rings (SSSR count). The van der Waals surface area contributed by atoms with Crippen molar-refractivity contribution in [3.8, 4) is 78.6 Å². The molecule has 604 valence electrons. The molecule has 0 aliphatic heterocycles. The maximum absolute atomic E-state index is 2.48. The van der Waals surface area contributed by atoms with E-state index in [2.05, 4.69) is 489 Å². The van der Waals surface area contributed by atoms with E-state index in [0.29, 0.717) is 0 Å². The Labute approximate surface area is 754 Å². The minimum absolute atomic E-state index is 1.16. The van der Waals surface area contributed by atoms with Gasteiger partial charge in [0.25, 0.3) is 0 Å². The quantitative estimate of drug-likeness (QED) is 0.131. The van der Waals surface area contributed by atoms with Crippen molar-refractivity contribution in [2.45, 2.75) is 0 Å². The molecule has 9 heteroatoms. The second kappa shape index (κ2) is 30.3. The predicted molar refractivity (Wildman–Crippen MR) is 553 cm³/mol. The summed E-state index contributed by atoms with van der Waals surface area (Å²) in [6, 6.07) is 161. The molecule has 0 amide bonds. The van der Waals surface area contributed by atoms with Crippen LogP contribution in [-0.4, -0.2) is 27.4 Å². The van der Waals surface area contributed by atoms with Crippen LogP contribution in [0.1, 0.15) is 0 Å². The van der Waals surface area contributed by atoms with Gasteiger partial charge >= 0.3 is 0 Å². The molecule has 28 aromatic rings. The fourth-order valence-corrected chi connectivity index (χ4v) is 24.5. The van der Waals surface area contributed by atoms with Gasteiger partial charge < -0.3 is 27.4 Å². The molecule has 0 bridgehead atoms. The molecule has 9 aromatic heterocycles. The van der Waals surface area contributed by atoms with Crippen LogP contribution >= 0.6 is 34.0 Å². The summed E-state index contributed by atoms with van der Waals surface area (Å²) in [6.07, 6.45) is 6.58. The third kappa shape index (κ3) is 12.0. The molecular formula is C120H76N6S3. The second-order valence-corrected chi connectivity index (χ2v) is 36.4. The van der Waals surface area contributed by atoms with E-state index in [0.717, 1.165) is 5.69 Å². The largest absolute Gasteiger partial charge is 0.317 e. The number of fused-ring (bicyclic) bond motifs is 24. The number of hydrogen-bond donors (Lipinski definition) is 0. The van der Waals surface area contributed by atoms with Crippen LogP contribution in [0, 0.1) is 0 Å². The van der Waals surface area contributed by atoms with E-state index in [9.17, 15) is 0 Å². The molecule has 0 atom stereocenters. The van der Waals surface area contributed by atoms with Gasteiger partial charge in [0.15, 0.2) is 0 Å². The first kappa shape index (κ1) is 74.3. The Kier molecular flexibility index (Phi) is 17.5. The monoisotopic (exact) mass is 1700 g/mol. The Balaban J connectivity index is 0.000000102. The predicted octanol–water partition coefficient (Wildman–Crippen LogP) is 34.0. The molecule has 129 heavy (non-hydrogen) atoms. The number of nitrogens with zero attached hydrogens (tertiary/aromatic N) is 6.